The molecule has 2 aromatic rings. The van der Waals surface area contributed by atoms with Crippen molar-refractivity contribution in [1.82, 2.24) is 15.2 Å². The molecule has 3 heterocycles. The number of nitrogens with one attached hydrogen (secondary N) is 1. The lowest BCUT2D eigenvalue weighted by atomic mass is 9.74. The molecule has 0 spiro atoms. The third kappa shape index (κ3) is 3.31. The van der Waals surface area contributed by atoms with Gasteiger partial charge >= 0.3 is 0 Å². The van der Waals surface area contributed by atoms with E-state index in [4.69, 9.17) is 0 Å². The highest BCUT2D eigenvalue weighted by atomic mass is 16.2. The van der Waals surface area contributed by atoms with Crippen LogP contribution >= 0.6 is 0 Å². The number of rotatable bonds is 4. The molecule has 130 valence electrons. The Morgan fingerprint density at radius 1 is 1.08 bits per heavy atom. The minimum atomic E-state index is -0.245. The standard InChI is InChI=1S/C21H25N3O/c25-20(21(15-23-16-21)14-17-4-2-1-3-5-17)24-12-8-19(9-13-24)18-6-10-22-11-7-18/h1-7,10-11,19,23H,8-9,12-16H2. The molecule has 0 atom stereocenters. The zero-order chi connectivity index (χ0) is 17.1. The topological polar surface area (TPSA) is 45.2 Å². The highest BCUT2D eigenvalue weighted by Gasteiger charge is 2.46. The van der Waals surface area contributed by atoms with Crippen molar-refractivity contribution in [2.45, 2.75) is 25.2 Å². The lowest BCUT2D eigenvalue weighted by molar-refractivity contribution is -0.146. The van der Waals surface area contributed by atoms with Gasteiger partial charge in [0, 0.05) is 38.6 Å². The first-order chi connectivity index (χ1) is 12.3. The Labute approximate surface area is 149 Å². The van der Waals surface area contributed by atoms with Gasteiger partial charge < -0.3 is 10.2 Å². The zero-order valence-electron chi connectivity index (χ0n) is 14.5. The predicted molar refractivity (Wildman–Crippen MR) is 98.2 cm³/mol. The van der Waals surface area contributed by atoms with Gasteiger partial charge in [0.2, 0.25) is 5.91 Å². The molecule has 2 fully saturated rings. The van der Waals surface area contributed by atoms with Gasteiger partial charge in [-0.05, 0) is 48.4 Å². The zero-order valence-corrected chi connectivity index (χ0v) is 14.5. The first kappa shape index (κ1) is 16.3. The van der Waals surface area contributed by atoms with Gasteiger partial charge in [-0.2, -0.15) is 0 Å². The van der Waals surface area contributed by atoms with E-state index in [1.807, 2.05) is 18.5 Å². The molecule has 0 aliphatic carbocycles. The summed E-state index contributed by atoms with van der Waals surface area (Å²) in [7, 11) is 0. The maximum atomic E-state index is 13.2. The van der Waals surface area contributed by atoms with Gasteiger partial charge in [-0.15, -0.1) is 0 Å². The second-order valence-electron chi connectivity index (χ2n) is 7.39. The largest absolute Gasteiger partial charge is 0.342 e. The summed E-state index contributed by atoms with van der Waals surface area (Å²) >= 11 is 0. The fourth-order valence-corrected chi connectivity index (χ4v) is 4.15. The lowest BCUT2D eigenvalue weighted by Gasteiger charge is -2.46. The van der Waals surface area contributed by atoms with Crippen LogP contribution in [0.1, 0.15) is 29.9 Å². The monoisotopic (exact) mass is 335 g/mol. The summed E-state index contributed by atoms with van der Waals surface area (Å²) in [5.41, 5.74) is 2.36. The maximum Gasteiger partial charge on any atom is 0.231 e. The highest BCUT2D eigenvalue weighted by Crippen LogP contribution is 2.34. The van der Waals surface area contributed by atoms with Crippen LogP contribution in [0.25, 0.3) is 0 Å². The third-order valence-corrected chi connectivity index (χ3v) is 5.73. The van der Waals surface area contributed by atoms with E-state index >= 15 is 0 Å². The Morgan fingerprint density at radius 2 is 1.76 bits per heavy atom. The molecule has 4 nitrogen and oxygen atoms in total. The number of amides is 1. The fraction of sp³-hybridized carbons (Fsp3) is 0.429. The summed E-state index contributed by atoms with van der Waals surface area (Å²) in [6, 6.07) is 14.6. The van der Waals surface area contributed by atoms with Gasteiger partial charge in [0.25, 0.3) is 0 Å². The van der Waals surface area contributed by atoms with Crippen LogP contribution < -0.4 is 5.32 Å². The van der Waals surface area contributed by atoms with Gasteiger partial charge in [0.05, 0.1) is 5.41 Å². The second kappa shape index (κ2) is 6.96. The Kier molecular flexibility index (Phi) is 4.53. The van der Waals surface area contributed by atoms with Crippen molar-refractivity contribution in [2.75, 3.05) is 26.2 Å². The number of carbonyl (C=O) groups excluding carboxylic acids is 1. The van der Waals surface area contributed by atoms with Crippen molar-refractivity contribution in [1.29, 1.82) is 0 Å². The van der Waals surface area contributed by atoms with E-state index in [-0.39, 0.29) is 5.41 Å². The molecular weight excluding hydrogens is 310 g/mol. The molecule has 0 bridgehead atoms. The Morgan fingerprint density at radius 3 is 2.36 bits per heavy atom. The van der Waals surface area contributed by atoms with Crippen molar-refractivity contribution in [3.8, 4) is 0 Å². The van der Waals surface area contributed by atoms with Crippen molar-refractivity contribution in [3.05, 3.63) is 66.0 Å². The van der Waals surface area contributed by atoms with Crippen molar-refractivity contribution in [2.24, 2.45) is 5.41 Å². The molecule has 0 unspecified atom stereocenters. The van der Waals surface area contributed by atoms with Crippen LogP contribution in [0, 0.1) is 5.41 Å². The van der Waals surface area contributed by atoms with Crippen LogP contribution in [0.5, 0.6) is 0 Å². The molecule has 2 saturated heterocycles. The number of aromatic nitrogens is 1. The van der Waals surface area contributed by atoms with Gasteiger partial charge in [0.15, 0.2) is 0 Å². The van der Waals surface area contributed by atoms with Crippen LogP contribution in [0.15, 0.2) is 54.9 Å². The Hall–Kier alpha value is -2.20. The summed E-state index contributed by atoms with van der Waals surface area (Å²) < 4.78 is 0. The van der Waals surface area contributed by atoms with Crippen LogP contribution in [0.2, 0.25) is 0 Å². The summed E-state index contributed by atoms with van der Waals surface area (Å²) in [5, 5.41) is 3.32. The normalized spacial score (nSPS) is 20.1. The van der Waals surface area contributed by atoms with Gasteiger partial charge in [0.1, 0.15) is 0 Å². The van der Waals surface area contributed by atoms with E-state index in [1.165, 1.54) is 11.1 Å². The van der Waals surface area contributed by atoms with E-state index < -0.39 is 0 Å². The van der Waals surface area contributed by atoms with Gasteiger partial charge in [-0.1, -0.05) is 30.3 Å². The third-order valence-electron chi connectivity index (χ3n) is 5.73. The van der Waals surface area contributed by atoms with Crippen molar-refractivity contribution >= 4 is 5.91 Å². The molecule has 4 rings (SSSR count). The van der Waals surface area contributed by atoms with E-state index in [2.05, 4.69) is 51.6 Å². The average Bonchev–Trinajstić information content (AvgIpc) is 2.66. The number of hydrogen-bond donors (Lipinski definition) is 1. The predicted octanol–water partition coefficient (Wildman–Crippen LogP) is 2.62. The minimum absolute atomic E-state index is 0.245. The molecule has 0 saturated carbocycles. The molecule has 1 amide bonds. The molecular formula is C21H25N3O. The Bertz CT molecular complexity index is 704. The smallest absolute Gasteiger partial charge is 0.231 e. The van der Waals surface area contributed by atoms with Crippen molar-refractivity contribution < 1.29 is 4.79 Å². The second-order valence-corrected chi connectivity index (χ2v) is 7.39. The quantitative estimate of drug-likeness (QED) is 0.934. The van der Waals surface area contributed by atoms with Gasteiger partial charge in [-0.3, -0.25) is 9.78 Å². The number of piperidine rings is 1. The highest BCUT2D eigenvalue weighted by molar-refractivity contribution is 5.85. The molecule has 1 aromatic carbocycles. The summed E-state index contributed by atoms with van der Waals surface area (Å²) in [5.74, 6) is 0.889. The summed E-state index contributed by atoms with van der Waals surface area (Å²) in [6.07, 6.45) is 6.66. The fourth-order valence-electron chi connectivity index (χ4n) is 4.15. The average molecular weight is 335 g/mol. The molecule has 0 radical (unpaired) electrons. The molecule has 2 aliphatic rings. The summed E-state index contributed by atoms with van der Waals surface area (Å²) in [6.45, 7) is 3.32. The minimum Gasteiger partial charge on any atom is -0.342 e. The molecule has 1 N–H and O–H groups in total. The van der Waals surface area contributed by atoms with E-state index in [0.29, 0.717) is 11.8 Å². The molecule has 1 aromatic heterocycles. The number of likely N-dealkylation sites (tertiary alicyclic amines) is 1. The van der Waals surface area contributed by atoms with E-state index in [9.17, 15) is 4.79 Å². The van der Waals surface area contributed by atoms with Crippen LogP contribution in [-0.2, 0) is 11.2 Å². The first-order valence-corrected chi connectivity index (χ1v) is 9.21. The van der Waals surface area contributed by atoms with Crippen molar-refractivity contribution in [3.63, 3.8) is 0 Å². The Balaban J connectivity index is 1.41. The number of nitrogens with zero attached hydrogens (tertiary/aromatic N) is 2. The molecule has 25 heavy (non-hydrogen) atoms. The van der Waals surface area contributed by atoms with E-state index in [1.54, 1.807) is 0 Å². The summed E-state index contributed by atoms with van der Waals surface area (Å²) in [4.78, 5) is 19.4. The van der Waals surface area contributed by atoms with Crippen LogP contribution in [-0.4, -0.2) is 42.0 Å². The van der Waals surface area contributed by atoms with E-state index in [0.717, 1.165) is 45.4 Å². The van der Waals surface area contributed by atoms with Crippen LogP contribution in [0.4, 0.5) is 0 Å². The number of hydrogen-bond acceptors (Lipinski definition) is 3. The number of carbonyl (C=O) groups is 1. The molecule has 2 aliphatic heterocycles. The SMILES string of the molecule is O=C(N1CCC(c2ccncc2)CC1)C1(Cc2ccccc2)CNC1. The maximum absolute atomic E-state index is 13.2. The number of pyridine rings is 1. The van der Waals surface area contributed by atoms with Crippen LogP contribution in [0.3, 0.4) is 0 Å². The van der Waals surface area contributed by atoms with Gasteiger partial charge in [-0.25, -0.2) is 0 Å². The number of benzene rings is 1. The lowest BCUT2D eigenvalue weighted by Crippen LogP contribution is -2.63. The molecule has 4 heteroatoms. The first-order valence-electron chi connectivity index (χ1n) is 9.21.